The summed E-state index contributed by atoms with van der Waals surface area (Å²) in [7, 11) is 0. The van der Waals surface area contributed by atoms with Crippen molar-refractivity contribution in [3.05, 3.63) is 29.3 Å². The number of nitrogen functional groups attached to an aromatic ring is 1. The van der Waals surface area contributed by atoms with Crippen molar-refractivity contribution < 1.29 is 24.3 Å². The third-order valence-corrected chi connectivity index (χ3v) is 2.99. The molecule has 1 aliphatic heterocycles. The Morgan fingerprint density at radius 3 is 2.40 bits per heavy atom. The molecule has 3 amide bonds. The second-order valence-electron chi connectivity index (χ2n) is 4.27. The summed E-state index contributed by atoms with van der Waals surface area (Å²) in [6.45, 7) is 0. The number of carboxylic acid groups (broad SMARTS) is 1. The summed E-state index contributed by atoms with van der Waals surface area (Å²) in [5.41, 5.74) is 10.8. The molecule has 1 heterocycles. The van der Waals surface area contributed by atoms with Crippen molar-refractivity contribution >= 4 is 29.4 Å². The molecule has 1 unspecified atom stereocenters. The van der Waals surface area contributed by atoms with Crippen LogP contribution in [-0.4, -0.2) is 39.7 Å². The third kappa shape index (κ3) is 1.96. The summed E-state index contributed by atoms with van der Waals surface area (Å²) in [6, 6.07) is 2.76. The highest BCUT2D eigenvalue weighted by Gasteiger charge is 2.43. The molecule has 1 aromatic carbocycles. The van der Waals surface area contributed by atoms with Crippen LogP contribution in [0.25, 0.3) is 0 Å². The molecule has 8 nitrogen and oxygen atoms in total. The third-order valence-electron chi connectivity index (χ3n) is 2.99. The average molecular weight is 277 g/mol. The second-order valence-corrected chi connectivity index (χ2v) is 4.27. The molecule has 0 saturated heterocycles. The van der Waals surface area contributed by atoms with Crippen LogP contribution in [0.5, 0.6) is 0 Å². The lowest BCUT2D eigenvalue weighted by Gasteiger charge is -2.21. The number of rotatable bonds is 4. The van der Waals surface area contributed by atoms with Gasteiger partial charge in [-0.3, -0.25) is 24.1 Å². The summed E-state index contributed by atoms with van der Waals surface area (Å²) >= 11 is 0. The van der Waals surface area contributed by atoms with Gasteiger partial charge in [0.25, 0.3) is 11.8 Å². The fraction of sp³-hybridized carbons (Fsp3) is 0.167. The normalized spacial score (nSPS) is 15.1. The van der Waals surface area contributed by atoms with Crippen LogP contribution in [0.2, 0.25) is 0 Å². The highest BCUT2D eigenvalue weighted by atomic mass is 16.4. The molecule has 0 fully saturated rings. The fourth-order valence-electron chi connectivity index (χ4n) is 2.10. The van der Waals surface area contributed by atoms with Crippen LogP contribution in [0.3, 0.4) is 0 Å². The molecule has 0 aromatic heterocycles. The van der Waals surface area contributed by atoms with Crippen molar-refractivity contribution in [2.75, 3.05) is 5.73 Å². The number of amides is 3. The number of imide groups is 1. The molecule has 1 aliphatic rings. The van der Waals surface area contributed by atoms with Gasteiger partial charge >= 0.3 is 5.97 Å². The van der Waals surface area contributed by atoms with E-state index in [1.54, 1.807) is 0 Å². The maximum Gasteiger partial charge on any atom is 0.306 e. The molecule has 104 valence electrons. The van der Waals surface area contributed by atoms with E-state index in [9.17, 15) is 19.2 Å². The van der Waals surface area contributed by atoms with Crippen molar-refractivity contribution in [3.8, 4) is 0 Å². The van der Waals surface area contributed by atoms with Gasteiger partial charge in [-0.2, -0.15) is 0 Å². The molecule has 5 N–H and O–H groups in total. The molecular weight excluding hydrogens is 266 g/mol. The lowest BCUT2D eigenvalue weighted by Crippen LogP contribution is -2.48. The highest BCUT2D eigenvalue weighted by molar-refractivity contribution is 6.25. The fourth-order valence-corrected chi connectivity index (χ4v) is 2.10. The van der Waals surface area contributed by atoms with Gasteiger partial charge in [0.1, 0.15) is 6.04 Å². The van der Waals surface area contributed by atoms with Crippen LogP contribution in [0.15, 0.2) is 18.2 Å². The predicted octanol–water partition coefficient (Wildman–Crippen LogP) is -0.807. The summed E-state index contributed by atoms with van der Waals surface area (Å²) in [5, 5.41) is 8.76. The molecule has 1 aromatic rings. The van der Waals surface area contributed by atoms with Crippen LogP contribution in [-0.2, 0) is 9.59 Å². The maximum atomic E-state index is 12.2. The lowest BCUT2D eigenvalue weighted by atomic mass is 10.1. The number of carbonyl (C=O) groups excluding carboxylic acids is 3. The topological polar surface area (TPSA) is 144 Å². The summed E-state index contributed by atoms with van der Waals surface area (Å²) < 4.78 is 0. The molecular formula is C12H11N3O5. The first kappa shape index (κ1) is 13.5. The number of anilines is 1. The van der Waals surface area contributed by atoms with Crippen LogP contribution < -0.4 is 11.5 Å². The lowest BCUT2D eigenvalue weighted by molar-refractivity contribution is -0.140. The van der Waals surface area contributed by atoms with Gasteiger partial charge in [0.15, 0.2) is 0 Å². The maximum absolute atomic E-state index is 12.2. The van der Waals surface area contributed by atoms with Crippen molar-refractivity contribution in [2.45, 2.75) is 12.5 Å². The molecule has 20 heavy (non-hydrogen) atoms. The quantitative estimate of drug-likeness (QED) is 0.485. The van der Waals surface area contributed by atoms with E-state index in [-0.39, 0.29) is 16.8 Å². The van der Waals surface area contributed by atoms with Crippen molar-refractivity contribution in [2.24, 2.45) is 5.73 Å². The molecule has 0 saturated carbocycles. The van der Waals surface area contributed by atoms with Gasteiger partial charge in [0.2, 0.25) is 5.91 Å². The van der Waals surface area contributed by atoms with Gasteiger partial charge < -0.3 is 16.6 Å². The number of nitrogens with zero attached hydrogens (tertiary/aromatic N) is 1. The number of carboxylic acids is 1. The van der Waals surface area contributed by atoms with Gasteiger partial charge in [-0.1, -0.05) is 6.07 Å². The minimum atomic E-state index is -1.54. The van der Waals surface area contributed by atoms with E-state index in [4.69, 9.17) is 16.6 Å². The summed E-state index contributed by atoms with van der Waals surface area (Å²) in [4.78, 5) is 46.9. The zero-order valence-corrected chi connectivity index (χ0v) is 10.2. The number of benzene rings is 1. The predicted molar refractivity (Wildman–Crippen MR) is 66.6 cm³/mol. The molecule has 0 spiro atoms. The summed E-state index contributed by atoms with van der Waals surface area (Å²) in [5.74, 6) is -4.01. The first-order valence-electron chi connectivity index (χ1n) is 5.62. The zero-order valence-electron chi connectivity index (χ0n) is 10.2. The van der Waals surface area contributed by atoms with Crippen molar-refractivity contribution in [3.63, 3.8) is 0 Å². The minimum absolute atomic E-state index is 0.0332. The van der Waals surface area contributed by atoms with E-state index < -0.39 is 36.2 Å². The number of carbonyl (C=O) groups is 4. The van der Waals surface area contributed by atoms with Gasteiger partial charge in [-0.05, 0) is 12.1 Å². The Bertz CT molecular complexity index is 640. The van der Waals surface area contributed by atoms with E-state index >= 15 is 0 Å². The molecule has 0 aliphatic carbocycles. The summed E-state index contributed by atoms with van der Waals surface area (Å²) in [6.07, 6.45) is -0.749. The number of hydrogen-bond donors (Lipinski definition) is 3. The second kappa shape index (κ2) is 4.65. The minimum Gasteiger partial charge on any atom is -0.481 e. The Hall–Kier alpha value is -2.90. The van der Waals surface area contributed by atoms with E-state index in [0.717, 1.165) is 0 Å². The zero-order chi connectivity index (χ0) is 15.0. The Labute approximate surface area is 112 Å². The Morgan fingerprint density at radius 1 is 1.25 bits per heavy atom. The van der Waals surface area contributed by atoms with E-state index in [2.05, 4.69) is 0 Å². The van der Waals surface area contributed by atoms with Gasteiger partial charge in [-0.15, -0.1) is 0 Å². The first-order valence-corrected chi connectivity index (χ1v) is 5.62. The molecule has 0 radical (unpaired) electrons. The molecule has 0 bridgehead atoms. The Balaban J connectivity index is 2.48. The van der Waals surface area contributed by atoms with Gasteiger partial charge in [-0.25, -0.2) is 0 Å². The number of aliphatic carboxylic acids is 1. The van der Waals surface area contributed by atoms with E-state index in [1.165, 1.54) is 18.2 Å². The van der Waals surface area contributed by atoms with Crippen LogP contribution in [0, 0.1) is 0 Å². The number of hydrogen-bond acceptors (Lipinski definition) is 5. The van der Waals surface area contributed by atoms with E-state index in [1.807, 2.05) is 0 Å². The standard InChI is InChI=1S/C12H11N3O5/c13-6-3-1-2-5-9(6)12(20)15(11(5)19)7(10(14)18)4-8(16)17/h1-3,7H,4,13H2,(H2,14,18)(H,16,17). The van der Waals surface area contributed by atoms with Crippen LogP contribution in [0.1, 0.15) is 27.1 Å². The average Bonchev–Trinajstić information content (AvgIpc) is 2.60. The SMILES string of the molecule is NC(=O)C(CC(=O)O)N1C(=O)c2cccc(N)c2C1=O. The smallest absolute Gasteiger partial charge is 0.306 e. The largest absolute Gasteiger partial charge is 0.481 e. The molecule has 1 atom stereocenters. The molecule has 2 rings (SSSR count). The van der Waals surface area contributed by atoms with Crippen LogP contribution in [0.4, 0.5) is 5.69 Å². The monoisotopic (exact) mass is 277 g/mol. The highest BCUT2D eigenvalue weighted by Crippen LogP contribution is 2.29. The molecule has 8 heteroatoms. The van der Waals surface area contributed by atoms with Crippen molar-refractivity contribution in [1.82, 2.24) is 4.90 Å². The Kier molecular flexibility index (Phi) is 3.15. The van der Waals surface area contributed by atoms with Gasteiger partial charge in [0.05, 0.1) is 17.5 Å². The Morgan fingerprint density at radius 2 is 1.90 bits per heavy atom. The van der Waals surface area contributed by atoms with Crippen LogP contribution >= 0.6 is 0 Å². The van der Waals surface area contributed by atoms with Gasteiger partial charge in [0, 0.05) is 5.69 Å². The number of primary amides is 1. The first-order chi connectivity index (χ1) is 9.34. The number of fused-ring (bicyclic) bond motifs is 1. The van der Waals surface area contributed by atoms with E-state index in [0.29, 0.717) is 4.90 Å². The van der Waals surface area contributed by atoms with Crippen molar-refractivity contribution in [1.29, 1.82) is 0 Å². The number of nitrogens with two attached hydrogens (primary N) is 2.